The number of carbonyl (C=O) groups is 2. The number of hydrogen-bond acceptors (Lipinski definition) is 3. The Morgan fingerprint density at radius 3 is 2.47 bits per heavy atom. The van der Waals surface area contributed by atoms with Crippen LogP contribution in [0.2, 0.25) is 0 Å². The minimum atomic E-state index is -0.338. The van der Waals surface area contributed by atoms with Gasteiger partial charge in [-0.3, -0.25) is 9.59 Å². The van der Waals surface area contributed by atoms with E-state index < -0.39 is 0 Å². The van der Waals surface area contributed by atoms with Gasteiger partial charge in [0.05, 0.1) is 7.11 Å². The Labute approximate surface area is 126 Å². The third-order valence-electron chi connectivity index (χ3n) is 3.33. The van der Waals surface area contributed by atoms with Crippen LogP contribution in [0.3, 0.4) is 0 Å². The predicted molar refractivity (Wildman–Crippen MR) is 80.2 cm³/mol. The number of carbonyl (C=O) groups excluding carboxylic acids is 2. The van der Waals surface area contributed by atoms with Gasteiger partial charge in [-0.05, 0) is 24.0 Å². The van der Waals surface area contributed by atoms with Crippen LogP contribution in [0.15, 0.2) is 24.3 Å². The molecule has 1 aromatic carbocycles. The molecule has 0 aliphatic heterocycles. The molecule has 0 radical (unpaired) electrons. The number of fused-ring (bicyclic) bond motifs is 1. The topological polar surface area (TPSA) is 55.4 Å². The Hall–Kier alpha value is -1.11. The zero-order valence-corrected chi connectivity index (χ0v) is 12.8. The zero-order chi connectivity index (χ0) is 13.8. The van der Waals surface area contributed by atoms with E-state index in [1.165, 1.54) is 18.2 Å². The van der Waals surface area contributed by atoms with Crippen LogP contribution < -0.4 is 5.32 Å². The summed E-state index contributed by atoms with van der Waals surface area (Å²) in [5.41, 5.74) is 2.50. The van der Waals surface area contributed by atoms with Gasteiger partial charge in [0.1, 0.15) is 3.92 Å². The average molecular weight is 373 g/mol. The van der Waals surface area contributed by atoms with E-state index in [-0.39, 0.29) is 21.7 Å². The van der Waals surface area contributed by atoms with Crippen molar-refractivity contribution in [2.45, 2.75) is 16.8 Å². The van der Waals surface area contributed by atoms with Crippen LogP contribution in [0, 0.1) is 5.92 Å². The largest absolute Gasteiger partial charge is 0.468 e. The molecule has 19 heavy (non-hydrogen) atoms. The third-order valence-corrected chi connectivity index (χ3v) is 4.28. The number of benzene rings is 1. The van der Waals surface area contributed by atoms with E-state index >= 15 is 0 Å². The maximum absolute atomic E-state index is 12.1. The molecule has 5 heteroatoms. The molecule has 1 N–H and O–H groups in total. The summed E-state index contributed by atoms with van der Waals surface area (Å²) in [6, 6.07) is 8.13. The number of esters is 1. The number of halogens is 1. The van der Waals surface area contributed by atoms with Crippen LogP contribution >= 0.6 is 22.6 Å². The van der Waals surface area contributed by atoms with Crippen molar-refractivity contribution >= 4 is 34.5 Å². The van der Waals surface area contributed by atoms with Crippen LogP contribution in [-0.2, 0) is 27.2 Å². The summed E-state index contributed by atoms with van der Waals surface area (Å²) >= 11 is 1.97. The van der Waals surface area contributed by atoms with Crippen molar-refractivity contribution in [1.82, 2.24) is 5.32 Å². The Morgan fingerprint density at radius 1 is 1.37 bits per heavy atom. The van der Waals surface area contributed by atoms with Crippen LogP contribution in [-0.4, -0.2) is 29.5 Å². The number of amides is 1. The van der Waals surface area contributed by atoms with E-state index in [9.17, 15) is 9.59 Å². The van der Waals surface area contributed by atoms with Gasteiger partial charge >= 0.3 is 5.97 Å². The third kappa shape index (κ3) is 3.46. The molecule has 1 atom stereocenters. The van der Waals surface area contributed by atoms with Crippen molar-refractivity contribution in [2.75, 3.05) is 13.7 Å². The lowest BCUT2D eigenvalue weighted by Gasteiger charge is -2.12. The number of hydrogen-bond donors (Lipinski definition) is 1. The second kappa shape index (κ2) is 6.36. The fraction of sp³-hybridized carbons (Fsp3) is 0.429. The molecule has 2 rings (SSSR count). The fourth-order valence-corrected chi connectivity index (χ4v) is 2.76. The van der Waals surface area contributed by atoms with E-state index in [1.807, 2.05) is 34.7 Å². The van der Waals surface area contributed by atoms with Gasteiger partial charge in [-0.1, -0.05) is 46.9 Å². The van der Waals surface area contributed by atoms with Crippen LogP contribution in [0.5, 0.6) is 0 Å². The van der Waals surface area contributed by atoms with Gasteiger partial charge in [0.25, 0.3) is 0 Å². The first kappa shape index (κ1) is 14.3. The van der Waals surface area contributed by atoms with Crippen molar-refractivity contribution in [3.8, 4) is 0 Å². The summed E-state index contributed by atoms with van der Waals surface area (Å²) in [7, 11) is 1.35. The Bertz CT molecular complexity index is 464. The van der Waals surface area contributed by atoms with E-state index in [1.54, 1.807) is 0 Å². The maximum Gasteiger partial charge on any atom is 0.320 e. The molecule has 0 spiro atoms. The van der Waals surface area contributed by atoms with E-state index in [4.69, 9.17) is 0 Å². The standard InChI is InChI=1S/C14H16INO3/c1-19-14(18)12(15)8-16-13(17)11-6-9-4-2-3-5-10(9)7-11/h2-5,11-12H,6-8H2,1H3,(H,16,17). The second-order valence-electron chi connectivity index (χ2n) is 4.61. The highest BCUT2D eigenvalue weighted by Crippen LogP contribution is 2.26. The quantitative estimate of drug-likeness (QED) is 0.495. The summed E-state index contributed by atoms with van der Waals surface area (Å²) in [5.74, 6) is -0.309. The van der Waals surface area contributed by atoms with E-state index in [0.29, 0.717) is 6.54 Å². The van der Waals surface area contributed by atoms with Crippen LogP contribution in [0.4, 0.5) is 0 Å². The summed E-state index contributed by atoms with van der Waals surface area (Å²) in [6.45, 7) is 0.318. The van der Waals surface area contributed by atoms with Crippen LogP contribution in [0.25, 0.3) is 0 Å². The van der Waals surface area contributed by atoms with Crippen molar-refractivity contribution in [2.24, 2.45) is 5.92 Å². The second-order valence-corrected chi connectivity index (χ2v) is 6.11. The van der Waals surface area contributed by atoms with Crippen molar-refractivity contribution in [3.05, 3.63) is 35.4 Å². The van der Waals surface area contributed by atoms with Gasteiger partial charge in [0.15, 0.2) is 0 Å². The lowest BCUT2D eigenvalue weighted by atomic mass is 10.1. The molecule has 0 aromatic heterocycles. The molecule has 0 saturated heterocycles. The predicted octanol–water partition coefficient (Wildman–Crippen LogP) is 1.49. The van der Waals surface area contributed by atoms with Gasteiger partial charge in [-0.25, -0.2) is 0 Å². The molecule has 0 bridgehead atoms. The molecule has 0 heterocycles. The zero-order valence-electron chi connectivity index (χ0n) is 10.7. The first-order chi connectivity index (χ1) is 9.11. The fourth-order valence-electron chi connectivity index (χ4n) is 2.29. The van der Waals surface area contributed by atoms with Gasteiger partial charge in [0, 0.05) is 12.5 Å². The van der Waals surface area contributed by atoms with E-state index in [2.05, 4.69) is 22.2 Å². The number of nitrogens with one attached hydrogen (secondary N) is 1. The number of alkyl halides is 1. The lowest BCUT2D eigenvalue weighted by molar-refractivity contribution is -0.139. The summed E-state index contributed by atoms with van der Waals surface area (Å²) in [5, 5.41) is 2.83. The highest BCUT2D eigenvalue weighted by atomic mass is 127. The Balaban J connectivity index is 1.85. The van der Waals surface area contributed by atoms with Crippen molar-refractivity contribution < 1.29 is 14.3 Å². The minimum absolute atomic E-state index is 0.0151. The molecule has 4 nitrogen and oxygen atoms in total. The molecule has 1 aliphatic carbocycles. The molecule has 1 aromatic rings. The van der Waals surface area contributed by atoms with Crippen LogP contribution in [0.1, 0.15) is 11.1 Å². The normalized spacial score (nSPS) is 15.7. The van der Waals surface area contributed by atoms with Crippen molar-refractivity contribution in [1.29, 1.82) is 0 Å². The molecule has 0 fully saturated rings. The van der Waals surface area contributed by atoms with Gasteiger partial charge in [0.2, 0.25) is 5.91 Å². The molecule has 1 unspecified atom stereocenters. The average Bonchev–Trinajstić information content (AvgIpc) is 2.87. The summed E-state index contributed by atoms with van der Waals surface area (Å²) < 4.78 is 4.29. The number of methoxy groups -OCH3 is 1. The molecule has 0 saturated carbocycles. The van der Waals surface area contributed by atoms with Gasteiger partial charge in [-0.2, -0.15) is 0 Å². The number of ether oxygens (including phenoxy) is 1. The monoisotopic (exact) mass is 373 g/mol. The highest BCUT2D eigenvalue weighted by Gasteiger charge is 2.27. The molecular weight excluding hydrogens is 357 g/mol. The Morgan fingerprint density at radius 2 is 1.95 bits per heavy atom. The molecule has 1 amide bonds. The highest BCUT2D eigenvalue weighted by molar-refractivity contribution is 14.1. The summed E-state index contributed by atoms with van der Waals surface area (Å²) in [4.78, 5) is 23.3. The smallest absolute Gasteiger partial charge is 0.320 e. The molecule has 1 aliphatic rings. The van der Waals surface area contributed by atoms with E-state index in [0.717, 1.165) is 12.8 Å². The Kier molecular flexibility index (Phi) is 4.79. The van der Waals surface area contributed by atoms with Crippen molar-refractivity contribution in [3.63, 3.8) is 0 Å². The SMILES string of the molecule is COC(=O)C(I)CNC(=O)C1Cc2ccccc2C1. The first-order valence-corrected chi connectivity index (χ1v) is 7.42. The van der Waals surface area contributed by atoms with Gasteiger partial charge < -0.3 is 10.1 Å². The van der Waals surface area contributed by atoms with Gasteiger partial charge in [-0.15, -0.1) is 0 Å². The molecular formula is C14H16INO3. The first-order valence-electron chi connectivity index (χ1n) is 6.18. The minimum Gasteiger partial charge on any atom is -0.468 e. The molecule has 102 valence electrons. The lowest BCUT2D eigenvalue weighted by Crippen LogP contribution is -2.37. The maximum atomic E-state index is 12.1. The summed E-state index contributed by atoms with van der Waals surface area (Å²) in [6.07, 6.45) is 1.57. The number of rotatable bonds is 4.